The number of anilines is 3. The average molecular weight is 482 g/mol. The highest BCUT2D eigenvalue weighted by Gasteiger charge is 2.19. The van der Waals surface area contributed by atoms with Crippen molar-refractivity contribution < 1.29 is 23.5 Å². The first-order chi connectivity index (χ1) is 16.4. The lowest BCUT2D eigenvalue weighted by molar-refractivity contribution is -0.115. The van der Waals surface area contributed by atoms with Crippen LogP contribution in [0.2, 0.25) is 0 Å². The third-order valence-electron chi connectivity index (χ3n) is 4.72. The summed E-state index contributed by atoms with van der Waals surface area (Å²) in [6, 6.07) is 19.0. The molecule has 0 heterocycles. The number of methoxy groups -OCH3 is 1. The largest absolute Gasteiger partial charge is 0.497 e. The number of ether oxygens (including phenoxy) is 1. The fourth-order valence-electron chi connectivity index (χ4n) is 2.93. The van der Waals surface area contributed by atoms with Gasteiger partial charge in [0.25, 0.3) is 5.91 Å². The van der Waals surface area contributed by atoms with Crippen molar-refractivity contribution in [1.82, 2.24) is 0 Å². The maximum Gasteiger partial charge on any atom is 0.257 e. The number of nitrogens with one attached hydrogen (secondary N) is 3. The summed E-state index contributed by atoms with van der Waals surface area (Å²) in [5.74, 6) is -0.799. The number of hydrogen-bond donors (Lipinski definition) is 3. The lowest BCUT2D eigenvalue weighted by atomic mass is 10.1. The fraction of sp³-hybridized carbons (Fsp3) is 0.160. The molecule has 0 aliphatic rings. The minimum atomic E-state index is -0.562. The molecular weight excluding hydrogens is 457 g/mol. The van der Waals surface area contributed by atoms with Gasteiger partial charge in [0.05, 0.1) is 29.4 Å². The summed E-state index contributed by atoms with van der Waals surface area (Å²) in [7, 11) is 1.54. The number of halogens is 1. The molecule has 0 bridgehead atoms. The maximum absolute atomic E-state index is 13.0. The Hall–Kier alpha value is -3.85. The summed E-state index contributed by atoms with van der Waals surface area (Å²) in [6.45, 7) is 1.67. The first-order valence-electron chi connectivity index (χ1n) is 10.4. The van der Waals surface area contributed by atoms with E-state index >= 15 is 0 Å². The van der Waals surface area contributed by atoms with Crippen molar-refractivity contribution in [2.45, 2.75) is 12.2 Å². The quantitative estimate of drug-likeness (QED) is 0.409. The molecule has 0 spiro atoms. The highest BCUT2D eigenvalue weighted by Crippen LogP contribution is 2.22. The van der Waals surface area contributed by atoms with Gasteiger partial charge in [0, 0.05) is 17.4 Å². The van der Waals surface area contributed by atoms with Crippen LogP contribution < -0.4 is 20.7 Å². The molecule has 0 fully saturated rings. The molecule has 0 aromatic heterocycles. The molecular formula is C25H24FN3O4S. The topological polar surface area (TPSA) is 96.5 Å². The maximum atomic E-state index is 13.0. The highest BCUT2D eigenvalue weighted by atomic mass is 32.2. The van der Waals surface area contributed by atoms with Gasteiger partial charge in [-0.25, -0.2) is 4.39 Å². The van der Waals surface area contributed by atoms with Crippen LogP contribution in [0.1, 0.15) is 17.3 Å². The summed E-state index contributed by atoms with van der Waals surface area (Å²) in [5, 5.41) is 7.64. The predicted molar refractivity (Wildman–Crippen MR) is 133 cm³/mol. The van der Waals surface area contributed by atoms with Gasteiger partial charge in [0.1, 0.15) is 11.6 Å². The Kier molecular flexibility index (Phi) is 8.64. The van der Waals surface area contributed by atoms with Crippen molar-refractivity contribution in [3.8, 4) is 5.75 Å². The minimum Gasteiger partial charge on any atom is -0.497 e. The molecule has 34 heavy (non-hydrogen) atoms. The van der Waals surface area contributed by atoms with E-state index in [-0.39, 0.29) is 23.5 Å². The van der Waals surface area contributed by atoms with Crippen LogP contribution in [0, 0.1) is 5.82 Å². The number of amides is 3. The van der Waals surface area contributed by atoms with Crippen LogP contribution >= 0.6 is 11.8 Å². The lowest BCUT2D eigenvalue weighted by Crippen LogP contribution is -2.26. The van der Waals surface area contributed by atoms with E-state index in [4.69, 9.17) is 4.74 Å². The Balaban J connectivity index is 1.57. The van der Waals surface area contributed by atoms with E-state index in [9.17, 15) is 18.8 Å². The van der Waals surface area contributed by atoms with Gasteiger partial charge in [-0.1, -0.05) is 18.2 Å². The third-order valence-corrected chi connectivity index (χ3v) is 5.86. The number of carbonyl (C=O) groups excluding carboxylic acids is 3. The molecule has 9 heteroatoms. The van der Waals surface area contributed by atoms with Gasteiger partial charge < -0.3 is 20.7 Å². The minimum absolute atomic E-state index is 0.0317. The first kappa shape index (κ1) is 24.8. The van der Waals surface area contributed by atoms with E-state index in [1.807, 2.05) is 0 Å². The normalized spacial score (nSPS) is 11.3. The average Bonchev–Trinajstić information content (AvgIpc) is 2.84. The summed E-state index contributed by atoms with van der Waals surface area (Å²) in [5.41, 5.74) is 1.68. The predicted octanol–water partition coefficient (Wildman–Crippen LogP) is 4.79. The molecule has 0 radical (unpaired) electrons. The van der Waals surface area contributed by atoms with E-state index in [0.29, 0.717) is 28.4 Å². The van der Waals surface area contributed by atoms with Crippen molar-refractivity contribution >= 4 is 46.5 Å². The molecule has 3 amide bonds. The van der Waals surface area contributed by atoms with Gasteiger partial charge in [0.2, 0.25) is 11.8 Å². The number of rotatable bonds is 9. The van der Waals surface area contributed by atoms with Crippen LogP contribution in [0.15, 0.2) is 72.8 Å². The third kappa shape index (κ3) is 7.08. The number of thioether (sulfide) groups is 1. The molecule has 1 unspecified atom stereocenters. The molecule has 0 saturated carbocycles. The Morgan fingerprint density at radius 3 is 2.38 bits per heavy atom. The molecule has 7 nitrogen and oxygen atoms in total. The lowest BCUT2D eigenvalue weighted by Gasteiger charge is -2.15. The zero-order valence-electron chi connectivity index (χ0n) is 18.6. The Bertz CT molecular complexity index is 1170. The molecule has 0 aliphatic carbocycles. The van der Waals surface area contributed by atoms with Gasteiger partial charge in [-0.05, 0) is 55.5 Å². The zero-order chi connectivity index (χ0) is 24.5. The Morgan fingerprint density at radius 1 is 0.912 bits per heavy atom. The molecule has 176 valence electrons. The number of para-hydroxylation sites is 1. The van der Waals surface area contributed by atoms with Gasteiger partial charge in [-0.15, -0.1) is 11.8 Å². The van der Waals surface area contributed by atoms with Gasteiger partial charge in [-0.3, -0.25) is 14.4 Å². The van der Waals surface area contributed by atoms with Crippen molar-refractivity contribution in [1.29, 1.82) is 0 Å². The molecule has 0 saturated heterocycles. The molecule has 3 aromatic carbocycles. The number of benzene rings is 3. The van der Waals surface area contributed by atoms with Crippen LogP contribution in [-0.2, 0) is 9.59 Å². The van der Waals surface area contributed by atoms with Crippen LogP contribution in [0.3, 0.4) is 0 Å². The summed E-state index contributed by atoms with van der Waals surface area (Å²) < 4.78 is 18.1. The van der Waals surface area contributed by atoms with Crippen molar-refractivity contribution in [2.24, 2.45) is 0 Å². The molecule has 0 aliphatic heterocycles. The second-order valence-electron chi connectivity index (χ2n) is 7.23. The van der Waals surface area contributed by atoms with E-state index < -0.39 is 11.1 Å². The first-order valence-corrected chi connectivity index (χ1v) is 11.4. The summed E-state index contributed by atoms with van der Waals surface area (Å²) >= 11 is 1.14. The number of carbonyl (C=O) groups is 3. The van der Waals surface area contributed by atoms with Crippen LogP contribution in [0.25, 0.3) is 0 Å². The van der Waals surface area contributed by atoms with Crippen LogP contribution in [-0.4, -0.2) is 35.8 Å². The smallest absolute Gasteiger partial charge is 0.257 e. The number of hydrogen-bond acceptors (Lipinski definition) is 5. The standard InChI is InChI=1S/C25H24FN3O4S/c1-16(34-15-23(30)27-18-12-10-17(26)11-13-18)24(31)29-22-9-4-3-8-21(22)25(32)28-19-6-5-7-20(14-19)33-2/h3-14,16H,15H2,1-2H3,(H,27,30)(H,28,32)(H,29,31). The van der Waals surface area contributed by atoms with E-state index in [0.717, 1.165) is 11.8 Å². The van der Waals surface area contributed by atoms with Gasteiger partial charge in [-0.2, -0.15) is 0 Å². The Morgan fingerprint density at radius 2 is 1.65 bits per heavy atom. The zero-order valence-corrected chi connectivity index (χ0v) is 19.4. The summed E-state index contributed by atoms with van der Waals surface area (Å²) in [6.07, 6.45) is 0. The van der Waals surface area contributed by atoms with E-state index in [1.54, 1.807) is 55.5 Å². The van der Waals surface area contributed by atoms with Crippen LogP contribution in [0.5, 0.6) is 5.75 Å². The fourth-order valence-corrected chi connectivity index (χ4v) is 3.61. The van der Waals surface area contributed by atoms with Crippen molar-refractivity contribution in [2.75, 3.05) is 28.8 Å². The monoisotopic (exact) mass is 481 g/mol. The van der Waals surface area contributed by atoms with E-state index in [1.165, 1.54) is 31.4 Å². The second kappa shape index (κ2) is 11.9. The van der Waals surface area contributed by atoms with Gasteiger partial charge in [0.15, 0.2) is 0 Å². The van der Waals surface area contributed by atoms with E-state index in [2.05, 4.69) is 16.0 Å². The molecule has 3 N–H and O–H groups in total. The highest BCUT2D eigenvalue weighted by molar-refractivity contribution is 8.01. The molecule has 3 rings (SSSR count). The SMILES string of the molecule is COc1cccc(NC(=O)c2ccccc2NC(=O)C(C)SCC(=O)Nc2ccc(F)cc2)c1. The summed E-state index contributed by atoms with van der Waals surface area (Å²) in [4.78, 5) is 37.6. The van der Waals surface area contributed by atoms with Crippen molar-refractivity contribution in [3.05, 3.63) is 84.2 Å². The van der Waals surface area contributed by atoms with Crippen LogP contribution in [0.4, 0.5) is 21.5 Å². The van der Waals surface area contributed by atoms with Crippen molar-refractivity contribution in [3.63, 3.8) is 0 Å². The van der Waals surface area contributed by atoms with Gasteiger partial charge >= 0.3 is 0 Å². The molecule has 1 atom stereocenters. The Labute approximate surface area is 201 Å². The second-order valence-corrected chi connectivity index (χ2v) is 8.56. The molecule has 3 aromatic rings.